The smallest absolute Gasteiger partial charge is 0.241 e. The van der Waals surface area contributed by atoms with Crippen molar-refractivity contribution in [3.8, 4) is 0 Å². The molecule has 0 fully saturated rings. The number of hydrogen-bond acceptors (Lipinski definition) is 2. The fourth-order valence-electron chi connectivity index (χ4n) is 2.23. The van der Waals surface area contributed by atoms with E-state index in [1.54, 1.807) is 36.5 Å². The van der Waals surface area contributed by atoms with Crippen molar-refractivity contribution in [3.05, 3.63) is 66.4 Å². The SMILES string of the molecule is O=S(=O)(c1ccccc1)n1cc(CBr)c2ccccc21. The molecular formula is C15H12BrNO2S. The first-order valence-electron chi connectivity index (χ1n) is 6.10. The van der Waals surface area contributed by atoms with Crippen molar-refractivity contribution in [2.45, 2.75) is 10.2 Å². The third-order valence-corrected chi connectivity index (χ3v) is 5.50. The fraction of sp³-hybridized carbons (Fsp3) is 0.0667. The van der Waals surface area contributed by atoms with Gasteiger partial charge in [-0.25, -0.2) is 12.4 Å². The lowest BCUT2D eigenvalue weighted by Gasteiger charge is -2.07. The summed E-state index contributed by atoms with van der Waals surface area (Å²) in [5, 5.41) is 1.56. The van der Waals surface area contributed by atoms with Gasteiger partial charge in [-0.05, 0) is 23.8 Å². The van der Waals surface area contributed by atoms with Gasteiger partial charge in [-0.15, -0.1) is 0 Å². The van der Waals surface area contributed by atoms with Crippen LogP contribution < -0.4 is 0 Å². The first-order valence-corrected chi connectivity index (χ1v) is 8.66. The van der Waals surface area contributed by atoms with Gasteiger partial charge in [0.05, 0.1) is 10.4 Å². The van der Waals surface area contributed by atoms with Gasteiger partial charge >= 0.3 is 0 Å². The highest BCUT2D eigenvalue weighted by atomic mass is 79.9. The maximum absolute atomic E-state index is 12.7. The first-order chi connectivity index (χ1) is 9.64. The van der Waals surface area contributed by atoms with Gasteiger partial charge in [0.1, 0.15) is 0 Å². The number of fused-ring (bicyclic) bond motifs is 1. The Kier molecular flexibility index (Phi) is 3.40. The molecule has 1 aromatic heterocycles. The molecule has 0 N–H and O–H groups in total. The summed E-state index contributed by atoms with van der Waals surface area (Å²) < 4.78 is 26.8. The Labute approximate surface area is 126 Å². The summed E-state index contributed by atoms with van der Waals surface area (Å²) in [4.78, 5) is 0.293. The van der Waals surface area contributed by atoms with Gasteiger partial charge in [0.2, 0.25) is 0 Å². The Morgan fingerprint density at radius 2 is 1.60 bits per heavy atom. The zero-order valence-corrected chi connectivity index (χ0v) is 12.9. The fourth-order valence-corrected chi connectivity index (χ4v) is 4.09. The van der Waals surface area contributed by atoms with Crippen LogP contribution in [0.4, 0.5) is 0 Å². The summed E-state index contributed by atoms with van der Waals surface area (Å²) in [7, 11) is -3.56. The minimum absolute atomic E-state index is 0.293. The minimum atomic E-state index is -3.56. The summed E-state index contributed by atoms with van der Waals surface area (Å²) >= 11 is 3.41. The number of nitrogens with zero attached hydrogens (tertiary/aromatic N) is 1. The summed E-state index contributed by atoms with van der Waals surface area (Å²) in [6.45, 7) is 0. The molecule has 3 aromatic rings. The number of aromatic nitrogens is 1. The largest absolute Gasteiger partial charge is 0.268 e. The van der Waals surface area contributed by atoms with Crippen LogP contribution in [-0.4, -0.2) is 12.4 Å². The molecule has 0 atom stereocenters. The summed E-state index contributed by atoms with van der Waals surface area (Å²) in [6, 6.07) is 16.0. The normalized spacial score (nSPS) is 11.8. The molecule has 1 heterocycles. The number of hydrogen-bond donors (Lipinski definition) is 0. The molecule has 0 aliphatic carbocycles. The molecule has 20 heavy (non-hydrogen) atoms. The van der Waals surface area contributed by atoms with Gasteiger partial charge in [0.25, 0.3) is 10.0 Å². The van der Waals surface area contributed by atoms with E-state index in [9.17, 15) is 8.42 Å². The Morgan fingerprint density at radius 3 is 2.30 bits per heavy atom. The highest BCUT2D eigenvalue weighted by molar-refractivity contribution is 9.08. The van der Waals surface area contributed by atoms with Crippen LogP contribution in [0, 0.1) is 0 Å². The summed E-state index contributed by atoms with van der Waals surface area (Å²) in [6.07, 6.45) is 1.68. The zero-order valence-electron chi connectivity index (χ0n) is 10.5. The first kappa shape index (κ1) is 13.4. The Hall–Kier alpha value is -1.59. The number of alkyl halides is 1. The Morgan fingerprint density at radius 1 is 0.950 bits per heavy atom. The van der Waals surface area contributed by atoms with Crippen molar-refractivity contribution in [1.82, 2.24) is 3.97 Å². The second-order valence-corrected chi connectivity index (χ2v) is 6.79. The average Bonchev–Trinajstić information content (AvgIpc) is 2.88. The van der Waals surface area contributed by atoms with Gasteiger partial charge in [0.15, 0.2) is 0 Å². The van der Waals surface area contributed by atoms with Gasteiger partial charge in [-0.1, -0.05) is 52.3 Å². The lowest BCUT2D eigenvalue weighted by atomic mass is 10.2. The van der Waals surface area contributed by atoms with E-state index in [0.29, 0.717) is 15.7 Å². The summed E-state index contributed by atoms with van der Waals surface area (Å²) in [5.41, 5.74) is 1.66. The standard InChI is InChI=1S/C15H12BrNO2S/c16-10-12-11-17(15-9-5-4-8-14(12)15)20(18,19)13-6-2-1-3-7-13/h1-9,11H,10H2. The molecule has 3 nitrogen and oxygen atoms in total. The van der Waals surface area contributed by atoms with E-state index < -0.39 is 10.0 Å². The van der Waals surface area contributed by atoms with Crippen LogP contribution in [0.15, 0.2) is 65.7 Å². The molecule has 0 aliphatic heterocycles. The van der Waals surface area contributed by atoms with Crippen LogP contribution in [0.2, 0.25) is 0 Å². The maximum atomic E-state index is 12.7. The zero-order chi connectivity index (χ0) is 14.2. The van der Waals surface area contributed by atoms with Crippen molar-refractivity contribution in [3.63, 3.8) is 0 Å². The van der Waals surface area contributed by atoms with E-state index in [1.807, 2.05) is 24.3 Å². The molecule has 0 saturated carbocycles. The topological polar surface area (TPSA) is 39.1 Å². The van der Waals surface area contributed by atoms with Crippen molar-refractivity contribution in [2.24, 2.45) is 0 Å². The molecule has 0 aliphatic rings. The maximum Gasteiger partial charge on any atom is 0.268 e. The molecule has 0 unspecified atom stereocenters. The molecular weight excluding hydrogens is 338 g/mol. The number of halogens is 1. The second-order valence-electron chi connectivity index (χ2n) is 4.42. The quantitative estimate of drug-likeness (QED) is 0.675. The highest BCUT2D eigenvalue weighted by Crippen LogP contribution is 2.27. The monoisotopic (exact) mass is 349 g/mol. The van der Waals surface area contributed by atoms with Crippen molar-refractivity contribution < 1.29 is 8.42 Å². The molecule has 5 heteroatoms. The van der Waals surface area contributed by atoms with Crippen LogP contribution in [0.25, 0.3) is 10.9 Å². The van der Waals surface area contributed by atoms with Crippen LogP contribution in [0.1, 0.15) is 5.56 Å². The molecule has 0 amide bonds. The predicted octanol–water partition coefficient (Wildman–Crippen LogP) is 3.77. The lowest BCUT2D eigenvalue weighted by molar-refractivity contribution is 0.589. The van der Waals surface area contributed by atoms with Crippen molar-refractivity contribution >= 4 is 36.9 Å². The predicted molar refractivity (Wildman–Crippen MR) is 83.6 cm³/mol. The molecule has 0 bridgehead atoms. The molecule has 0 saturated heterocycles. The number of benzene rings is 2. The van der Waals surface area contributed by atoms with Crippen molar-refractivity contribution in [1.29, 1.82) is 0 Å². The van der Waals surface area contributed by atoms with Crippen molar-refractivity contribution in [2.75, 3.05) is 0 Å². The Bertz CT molecular complexity index is 854. The lowest BCUT2D eigenvalue weighted by Crippen LogP contribution is -2.11. The third kappa shape index (κ3) is 2.07. The van der Waals surface area contributed by atoms with E-state index >= 15 is 0 Å². The molecule has 102 valence electrons. The van der Waals surface area contributed by atoms with Crippen LogP contribution >= 0.6 is 15.9 Å². The van der Waals surface area contributed by atoms with Gasteiger partial charge in [-0.3, -0.25) is 0 Å². The van der Waals surface area contributed by atoms with Gasteiger partial charge in [-0.2, -0.15) is 0 Å². The van der Waals surface area contributed by atoms with E-state index in [-0.39, 0.29) is 0 Å². The molecule has 0 radical (unpaired) electrons. The molecule has 2 aromatic carbocycles. The van der Waals surface area contributed by atoms with Crippen LogP contribution in [-0.2, 0) is 15.4 Å². The minimum Gasteiger partial charge on any atom is -0.241 e. The van der Waals surface area contributed by atoms with Crippen LogP contribution in [0.5, 0.6) is 0 Å². The second kappa shape index (κ2) is 5.07. The Balaban J connectivity index is 2.30. The number of para-hydroxylation sites is 1. The average molecular weight is 350 g/mol. The van der Waals surface area contributed by atoms with E-state index in [4.69, 9.17) is 0 Å². The third-order valence-electron chi connectivity index (χ3n) is 3.20. The van der Waals surface area contributed by atoms with Gasteiger partial charge < -0.3 is 0 Å². The van der Waals surface area contributed by atoms with Gasteiger partial charge in [0, 0.05) is 16.9 Å². The van der Waals surface area contributed by atoms with E-state index in [1.165, 1.54) is 3.97 Å². The molecule has 3 rings (SSSR count). The van der Waals surface area contributed by atoms with E-state index in [0.717, 1.165) is 10.9 Å². The highest BCUT2D eigenvalue weighted by Gasteiger charge is 2.20. The van der Waals surface area contributed by atoms with Crippen LogP contribution in [0.3, 0.4) is 0 Å². The number of rotatable bonds is 3. The van der Waals surface area contributed by atoms with E-state index in [2.05, 4.69) is 15.9 Å². The molecule has 0 spiro atoms. The summed E-state index contributed by atoms with van der Waals surface area (Å²) in [5.74, 6) is 0.